The fourth-order valence-electron chi connectivity index (χ4n) is 2.66. The number of esters is 1. The van der Waals surface area contributed by atoms with E-state index in [1.165, 1.54) is 13.2 Å². The number of benzene rings is 2. The molecule has 0 saturated carbocycles. The van der Waals surface area contributed by atoms with Crippen molar-refractivity contribution in [2.75, 3.05) is 7.11 Å². The minimum atomic E-state index is -0.655. The number of ether oxygens (including phenoxy) is 1. The average molecular weight is 299 g/mol. The molecule has 0 aliphatic heterocycles. The molecule has 0 aliphatic rings. The van der Waals surface area contributed by atoms with Crippen LogP contribution in [0.25, 0.3) is 11.1 Å². The predicted molar refractivity (Wildman–Crippen MR) is 86.5 cm³/mol. The molecule has 2 aromatic rings. The van der Waals surface area contributed by atoms with E-state index in [-0.39, 0.29) is 5.56 Å². The largest absolute Gasteiger partial charge is 0.465 e. The molecular formula is C18H18FNO2. The van der Waals surface area contributed by atoms with Crippen LogP contribution in [0, 0.1) is 12.7 Å². The zero-order valence-electron chi connectivity index (χ0n) is 12.9. The van der Waals surface area contributed by atoms with E-state index in [1.54, 1.807) is 6.92 Å². The summed E-state index contributed by atoms with van der Waals surface area (Å²) in [5.74, 6) is -1.23. The molecule has 0 aromatic heterocycles. The number of halogens is 1. The number of carbonyl (C=O) groups excluding carboxylic acids is 1. The summed E-state index contributed by atoms with van der Waals surface area (Å²) >= 11 is 0. The Balaban J connectivity index is 2.72. The van der Waals surface area contributed by atoms with Crippen molar-refractivity contribution >= 4 is 18.4 Å². The van der Waals surface area contributed by atoms with Crippen LogP contribution in [0.15, 0.2) is 35.3 Å². The second-order valence-corrected chi connectivity index (χ2v) is 4.94. The smallest absolute Gasteiger partial charge is 0.341 e. The Morgan fingerprint density at radius 2 is 2.09 bits per heavy atom. The SMILES string of the molecule is C=Nc1cccc(-c2cc(F)c(C(=O)OC)c(C)c2CC)c1. The minimum Gasteiger partial charge on any atom is -0.465 e. The van der Waals surface area contributed by atoms with Crippen LogP contribution in [0.3, 0.4) is 0 Å². The normalized spacial score (nSPS) is 10.4. The first-order valence-corrected chi connectivity index (χ1v) is 7.00. The summed E-state index contributed by atoms with van der Waals surface area (Å²) in [6.07, 6.45) is 0.678. The van der Waals surface area contributed by atoms with Gasteiger partial charge in [0.05, 0.1) is 18.4 Å². The van der Waals surface area contributed by atoms with Gasteiger partial charge in [-0.25, -0.2) is 9.18 Å². The Bertz CT molecular complexity index is 738. The van der Waals surface area contributed by atoms with Crippen molar-refractivity contribution in [2.24, 2.45) is 4.99 Å². The summed E-state index contributed by atoms with van der Waals surface area (Å²) < 4.78 is 19.1. The number of hydrogen-bond acceptors (Lipinski definition) is 3. The van der Waals surface area contributed by atoms with Crippen LogP contribution in [0.1, 0.15) is 28.4 Å². The molecule has 3 nitrogen and oxygen atoms in total. The lowest BCUT2D eigenvalue weighted by Gasteiger charge is -2.16. The lowest BCUT2D eigenvalue weighted by molar-refractivity contribution is 0.0594. The number of nitrogens with zero attached hydrogens (tertiary/aromatic N) is 1. The monoisotopic (exact) mass is 299 g/mol. The van der Waals surface area contributed by atoms with E-state index < -0.39 is 11.8 Å². The van der Waals surface area contributed by atoms with Gasteiger partial charge < -0.3 is 4.74 Å². The van der Waals surface area contributed by atoms with Crippen molar-refractivity contribution in [3.05, 3.63) is 52.8 Å². The van der Waals surface area contributed by atoms with Crippen LogP contribution in [-0.4, -0.2) is 19.8 Å². The average Bonchev–Trinajstić information content (AvgIpc) is 2.54. The van der Waals surface area contributed by atoms with Crippen LogP contribution in [0.5, 0.6) is 0 Å². The third-order valence-corrected chi connectivity index (χ3v) is 3.75. The third-order valence-electron chi connectivity index (χ3n) is 3.75. The zero-order valence-corrected chi connectivity index (χ0v) is 12.9. The van der Waals surface area contributed by atoms with Gasteiger partial charge >= 0.3 is 5.97 Å². The topological polar surface area (TPSA) is 38.7 Å². The molecule has 22 heavy (non-hydrogen) atoms. The molecule has 0 fully saturated rings. The van der Waals surface area contributed by atoms with E-state index in [1.807, 2.05) is 31.2 Å². The third kappa shape index (κ3) is 2.77. The van der Waals surface area contributed by atoms with Crippen molar-refractivity contribution in [1.82, 2.24) is 0 Å². The highest BCUT2D eigenvalue weighted by atomic mass is 19.1. The Hall–Kier alpha value is -2.49. The van der Waals surface area contributed by atoms with Crippen LogP contribution in [-0.2, 0) is 11.2 Å². The number of hydrogen-bond donors (Lipinski definition) is 0. The van der Waals surface area contributed by atoms with E-state index in [9.17, 15) is 9.18 Å². The van der Waals surface area contributed by atoms with Gasteiger partial charge in [-0.3, -0.25) is 4.99 Å². The van der Waals surface area contributed by atoms with Gasteiger partial charge in [-0.05, 0) is 60.5 Å². The molecule has 2 aromatic carbocycles. The molecule has 0 aliphatic carbocycles. The Kier molecular flexibility index (Phi) is 4.71. The highest BCUT2D eigenvalue weighted by molar-refractivity contribution is 5.93. The van der Waals surface area contributed by atoms with Crippen molar-refractivity contribution in [3.63, 3.8) is 0 Å². The first kappa shape index (κ1) is 15.9. The number of aliphatic imine (C=N–C) groups is 1. The molecule has 0 radical (unpaired) electrons. The van der Waals surface area contributed by atoms with Crippen molar-refractivity contribution in [2.45, 2.75) is 20.3 Å². The van der Waals surface area contributed by atoms with Gasteiger partial charge in [-0.15, -0.1) is 0 Å². The standard InChI is InChI=1S/C18H18FNO2/c1-5-14-11(2)17(18(21)22-4)16(19)10-15(14)12-7-6-8-13(9-12)20-3/h6-10H,3,5H2,1-2,4H3. The molecule has 114 valence electrons. The highest BCUT2D eigenvalue weighted by Crippen LogP contribution is 2.32. The zero-order chi connectivity index (χ0) is 16.3. The van der Waals surface area contributed by atoms with E-state index in [2.05, 4.69) is 16.4 Å². The maximum atomic E-state index is 14.4. The number of carbonyl (C=O) groups is 1. The summed E-state index contributed by atoms with van der Waals surface area (Å²) in [6, 6.07) is 8.80. The predicted octanol–water partition coefficient (Wildman–Crippen LogP) is 4.48. The Labute approximate surface area is 129 Å². The summed E-state index contributed by atoms with van der Waals surface area (Å²) in [5.41, 5.74) is 3.86. The van der Waals surface area contributed by atoms with Crippen LogP contribution < -0.4 is 0 Å². The van der Waals surface area contributed by atoms with Gasteiger partial charge in [-0.1, -0.05) is 19.1 Å². The molecule has 0 amide bonds. The van der Waals surface area contributed by atoms with Gasteiger partial charge in [0.1, 0.15) is 5.82 Å². The van der Waals surface area contributed by atoms with E-state index in [0.29, 0.717) is 12.0 Å². The fraction of sp³-hybridized carbons (Fsp3) is 0.222. The van der Waals surface area contributed by atoms with Gasteiger partial charge in [0.25, 0.3) is 0 Å². The maximum absolute atomic E-state index is 14.4. The summed E-state index contributed by atoms with van der Waals surface area (Å²) in [4.78, 5) is 15.7. The molecule has 4 heteroatoms. The van der Waals surface area contributed by atoms with Crippen LogP contribution in [0.4, 0.5) is 10.1 Å². The first-order valence-electron chi connectivity index (χ1n) is 7.00. The second kappa shape index (κ2) is 6.52. The second-order valence-electron chi connectivity index (χ2n) is 4.94. The fourth-order valence-corrected chi connectivity index (χ4v) is 2.66. The molecule has 0 spiro atoms. The van der Waals surface area contributed by atoms with E-state index in [0.717, 1.165) is 22.4 Å². The van der Waals surface area contributed by atoms with Crippen molar-refractivity contribution in [1.29, 1.82) is 0 Å². The molecule has 0 N–H and O–H groups in total. The van der Waals surface area contributed by atoms with E-state index in [4.69, 9.17) is 0 Å². The van der Waals surface area contributed by atoms with E-state index >= 15 is 0 Å². The lowest BCUT2D eigenvalue weighted by Crippen LogP contribution is -2.10. The van der Waals surface area contributed by atoms with Gasteiger partial charge in [-0.2, -0.15) is 0 Å². The first-order chi connectivity index (χ1) is 10.5. The highest BCUT2D eigenvalue weighted by Gasteiger charge is 2.21. The molecule has 0 unspecified atom stereocenters. The molecule has 2 rings (SSSR count). The quantitative estimate of drug-likeness (QED) is 0.616. The van der Waals surface area contributed by atoms with Crippen LogP contribution in [0.2, 0.25) is 0 Å². The van der Waals surface area contributed by atoms with Crippen molar-refractivity contribution < 1.29 is 13.9 Å². The van der Waals surface area contributed by atoms with Gasteiger partial charge in [0, 0.05) is 0 Å². The van der Waals surface area contributed by atoms with Crippen LogP contribution >= 0.6 is 0 Å². The molecular weight excluding hydrogens is 281 g/mol. The molecule has 0 heterocycles. The molecule has 0 bridgehead atoms. The van der Waals surface area contributed by atoms with Gasteiger partial charge in [0.15, 0.2) is 0 Å². The summed E-state index contributed by atoms with van der Waals surface area (Å²) in [5, 5.41) is 0. The number of methoxy groups -OCH3 is 1. The summed E-state index contributed by atoms with van der Waals surface area (Å²) in [7, 11) is 1.25. The lowest BCUT2D eigenvalue weighted by atomic mass is 9.90. The Morgan fingerprint density at radius 1 is 1.36 bits per heavy atom. The maximum Gasteiger partial charge on any atom is 0.341 e. The molecule has 0 atom stereocenters. The number of rotatable bonds is 4. The summed E-state index contributed by atoms with van der Waals surface area (Å²) in [6.45, 7) is 7.22. The Morgan fingerprint density at radius 3 is 2.68 bits per heavy atom. The molecule has 0 saturated heterocycles. The van der Waals surface area contributed by atoms with Gasteiger partial charge in [0.2, 0.25) is 0 Å². The van der Waals surface area contributed by atoms with Crippen molar-refractivity contribution in [3.8, 4) is 11.1 Å². The minimum absolute atomic E-state index is 0.00102.